The minimum atomic E-state index is -3.80. The first-order valence-electron chi connectivity index (χ1n) is 10.1. The maximum atomic E-state index is 13.5. The van der Waals surface area contributed by atoms with Crippen LogP contribution >= 0.6 is 0 Å². The second-order valence-electron chi connectivity index (χ2n) is 7.37. The Morgan fingerprint density at radius 2 is 1.87 bits per heavy atom. The molecule has 4 rings (SSSR count). The van der Waals surface area contributed by atoms with E-state index in [2.05, 4.69) is 17.1 Å². The fourth-order valence-corrected chi connectivity index (χ4v) is 5.11. The van der Waals surface area contributed by atoms with Gasteiger partial charge in [0.15, 0.2) is 5.03 Å². The van der Waals surface area contributed by atoms with Crippen molar-refractivity contribution in [1.82, 2.24) is 10.2 Å². The number of rotatable bonds is 8. The van der Waals surface area contributed by atoms with Crippen molar-refractivity contribution in [2.24, 2.45) is 5.73 Å². The third-order valence-electron chi connectivity index (χ3n) is 5.31. The highest BCUT2D eigenvalue weighted by molar-refractivity contribution is 7.91. The zero-order chi connectivity index (χ0) is 21.1. The summed E-state index contributed by atoms with van der Waals surface area (Å²) in [6.07, 6.45) is 2.68. The highest BCUT2D eigenvalue weighted by Crippen LogP contribution is 2.32. The largest absolute Gasteiger partial charge is 0.494 e. The zero-order valence-electron chi connectivity index (χ0n) is 16.8. The molecule has 0 amide bonds. The van der Waals surface area contributed by atoms with Gasteiger partial charge in [-0.2, -0.15) is 5.10 Å². The van der Waals surface area contributed by atoms with E-state index in [0.717, 1.165) is 24.6 Å². The second-order valence-corrected chi connectivity index (χ2v) is 9.23. The summed E-state index contributed by atoms with van der Waals surface area (Å²) < 4.78 is 32.8. The second kappa shape index (κ2) is 8.45. The van der Waals surface area contributed by atoms with Gasteiger partial charge in [0, 0.05) is 16.8 Å². The van der Waals surface area contributed by atoms with Crippen LogP contribution in [0.25, 0.3) is 21.7 Å². The standard InChI is InChI=1S/C23H25N3O3S/c1-2-17(24)9-6-14-29-18-12-13-21-20(15-18)23(26-25-21)30(27,28)22-11-5-8-16-7-3-4-10-19(16)22/h3-5,7-8,10-13,15,17H,2,6,9,14,24H2,1H3,(H,25,26). The van der Waals surface area contributed by atoms with Gasteiger partial charge in [0.25, 0.3) is 0 Å². The molecular formula is C23H25N3O3S. The van der Waals surface area contributed by atoms with Crippen molar-refractivity contribution in [3.05, 3.63) is 60.7 Å². The molecule has 156 valence electrons. The lowest BCUT2D eigenvalue weighted by Crippen LogP contribution is -2.19. The van der Waals surface area contributed by atoms with Crippen molar-refractivity contribution in [2.45, 2.75) is 42.1 Å². The molecule has 6 nitrogen and oxygen atoms in total. The van der Waals surface area contributed by atoms with Crippen molar-refractivity contribution in [1.29, 1.82) is 0 Å². The van der Waals surface area contributed by atoms with Crippen LogP contribution in [0.1, 0.15) is 26.2 Å². The summed E-state index contributed by atoms with van der Waals surface area (Å²) in [5.41, 5.74) is 6.52. The lowest BCUT2D eigenvalue weighted by atomic mass is 10.1. The summed E-state index contributed by atoms with van der Waals surface area (Å²) in [7, 11) is -3.80. The number of aromatic amines is 1. The molecule has 30 heavy (non-hydrogen) atoms. The number of hydrogen-bond donors (Lipinski definition) is 2. The van der Waals surface area contributed by atoms with Gasteiger partial charge in [-0.1, -0.05) is 43.3 Å². The van der Waals surface area contributed by atoms with Gasteiger partial charge in [-0.15, -0.1) is 0 Å². The van der Waals surface area contributed by atoms with Crippen LogP contribution in [0.2, 0.25) is 0 Å². The van der Waals surface area contributed by atoms with E-state index in [9.17, 15) is 8.42 Å². The SMILES string of the molecule is CCC(N)CCCOc1ccc2n[nH]c(S(=O)(=O)c3cccc4ccccc34)c2c1. The summed E-state index contributed by atoms with van der Waals surface area (Å²) >= 11 is 0. The molecule has 7 heteroatoms. The molecule has 3 aromatic carbocycles. The molecule has 1 atom stereocenters. The molecule has 1 heterocycles. The van der Waals surface area contributed by atoms with Crippen LogP contribution < -0.4 is 10.5 Å². The van der Waals surface area contributed by atoms with Gasteiger partial charge in [-0.3, -0.25) is 5.10 Å². The topological polar surface area (TPSA) is 98.1 Å². The Kier molecular flexibility index (Phi) is 5.74. The quantitative estimate of drug-likeness (QED) is 0.408. The van der Waals surface area contributed by atoms with Crippen LogP contribution in [0, 0.1) is 0 Å². The number of hydrogen-bond acceptors (Lipinski definition) is 5. The maximum Gasteiger partial charge on any atom is 0.224 e. The first kappa shape index (κ1) is 20.4. The predicted molar refractivity (Wildman–Crippen MR) is 118 cm³/mol. The monoisotopic (exact) mass is 423 g/mol. The van der Waals surface area contributed by atoms with Gasteiger partial charge in [0.05, 0.1) is 17.0 Å². The van der Waals surface area contributed by atoms with Crippen molar-refractivity contribution in [3.8, 4) is 5.75 Å². The number of sulfone groups is 1. The van der Waals surface area contributed by atoms with E-state index >= 15 is 0 Å². The molecule has 0 saturated carbocycles. The normalized spacial score (nSPS) is 13.0. The van der Waals surface area contributed by atoms with E-state index in [1.165, 1.54) is 0 Å². The fraction of sp³-hybridized carbons (Fsp3) is 0.261. The van der Waals surface area contributed by atoms with E-state index in [1.54, 1.807) is 30.3 Å². The van der Waals surface area contributed by atoms with Crippen LogP contribution in [-0.2, 0) is 9.84 Å². The van der Waals surface area contributed by atoms with Gasteiger partial charge in [0.1, 0.15) is 5.75 Å². The zero-order valence-corrected chi connectivity index (χ0v) is 17.7. The van der Waals surface area contributed by atoms with E-state index < -0.39 is 9.84 Å². The van der Waals surface area contributed by atoms with Gasteiger partial charge in [-0.05, 0) is 48.9 Å². The third kappa shape index (κ3) is 3.91. The van der Waals surface area contributed by atoms with Crippen molar-refractivity contribution >= 4 is 31.5 Å². The lowest BCUT2D eigenvalue weighted by Gasteiger charge is -2.10. The Balaban J connectivity index is 1.67. The Morgan fingerprint density at radius 3 is 2.70 bits per heavy atom. The molecule has 0 saturated heterocycles. The van der Waals surface area contributed by atoms with Crippen LogP contribution in [0.15, 0.2) is 70.6 Å². The average molecular weight is 424 g/mol. The molecule has 0 aliphatic heterocycles. The molecule has 3 N–H and O–H groups in total. The highest BCUT2D eigenvalue weighted by atomic mass is 32.2. The summed E-state index contributed by atoms with van der Waals surface area (Å²) in [5.74, 6) is 0.614. The number of nitrogens with two attached hydrogens (primary N) is 1. The molecule has 0 aliphatic carbocycles. The minimum absolute atomic E-state index is 0.0762. The van der Waals surface area contributed by atoms with Crippen molar-refractivity contribution in [3.63, 3.8) is 0 Å². The van der Waals surface area contributed by atoms with Crippen molar-refractivity contribution in [2.75, 3.05) is 6.61 Å². The summed E-state index contributed by atoms with van der Waals surface area (Å²) in [6.45, 7) is 2.60. The van der Waals surface area contributed by atoms with Gasteiger partial charge >= 0.3 is 0 Å². The molecule has 4 aromatic rings. The van der Waals surface area contributed by atoms with Gasteiger partial charge < -0.3 is 10.5 Å². The van der Waals surface area contributed by atoms with Gasteiger partial charge in [-0.25, -0.2) is 8.42 Å². The Labute approximate surface area is 176 Å². The maximum absolute atomic E-state index is 13.5. The summed E-state index contributed by atoms with van der Waals surface area (Å²) in [4.78, 5) is 0.256. The van der Waals surface area contributed by atoms with Crippen LogP contribution in [-0.4, -0.2) is 31.3 Å². The molecule has 1 unspecified atom stereocenters. The van der Waals surface area contributed by atoms with Crippen molar-refractivity contribution < 1.29 is 13.2 Å². The summed E-state index contributed by atoms with van der Waals surface area (Å²) in [6, 6.07) is 18.2. The first-order chi connectivity index (χ1) is 14.5. The molecule has 0 aliphatic rings. The van der Waals surface area contributed by atoms with Crippen LogP contribution in [0.3, 0.4) is 0 Å². The number of aromatic nitrogens is 2. The molecule has 0 radical (unpaired) electrons. The Hall–Kier alpha value is -2.90. The molecular weight excluding hydrogens is 398 g/mol. The first-order valence-corrected chi connectivity index (χ1v) is 11.6. The van der Waals surface area contributed by atoms with Crippen LogP contribution in [0.4, 0.5) is 0 Å². The molecule has 0 bridgehead atoms. The fourth-order valence-electron chi connectivity index (χ4n) is 3.54. The number of nitrogens with zero attached hydrogens (tertiary/aromatic N) is 1. The number of ether oxygens (including phenoxy) is 1. The molecule has 0 spiro atoms. The summed E-state index contributed by atoms with van der Waals surface area (Å²) in [5, 5.41) is 9.06. The van der Waals surface area contributed by atoms with Crippen LogP contribution in [0.5, 0.6) is 5.75 Å². The average Bonchev–Trinajstić information content (AvgIpc) is 3.20. The Bertz CT molecular complexity index is 1280. The number of H-pyrrole nitrogens is 1. The van der Waals surface area contributed by atoms with E-state index in [-0.39, 0.29) is 16.0 Å². The highest BCUT2D eigenvalue weighted by Gasteiger charge is 2.25. The number of fused-ring (bicyclic) bond motifs is 2. The van der Waals surface area contributed by atoms with E-state index in [4.69, 9.17) is 10.5 Å². The minimum Gasteiger partial charge on any atom is -0.494 e. The van der Waals surface area contributed by atoms with Gasteiger partial charge in [0.2, 0.25) is 9.84 Å². The number of benzene rings is 3. The van der Waals surface area contributed by atoms with E-state index in [0.29, 0.717) is 28.6 Å². The third-order valence-corrected chi connectivity index (χ3v) is 7.09. The molecule has 0 fully saturated rings. The number of nitrogens with one attached hydrogen (secondary N) is 1. The molecule has 1 aromatic heterocycles. The predicted octanol–water partition coefficient (Wildman–Crippen LogP) is 4.45. The van der Waals surface area contributed by atoms with E-state index in [1.807, 2.05) is 30.3 Å². The Morgan fingerprint density at radius 1 is 1.07 bits per heavy atom. The smallest absolute Gasteiger partial charge is 0.224 e. The lowest BCUT2D eigenvalue weighted by molar-refractivity contribution is 0.301.